The zero-order valence-electron chi connectivity index (χ0n) is 11.4. The number of piperidine rings is 1. The van der Waals surface area contributed by atoms with Crippen molar-refractivity contribution in [3.05, 3.63) is 17.7 Å². The van der Waals surface area contributed by atoms with E-state index in [-0.39, 0.29) is 4.90 Å². The quantitative estimate of drug-likeness (QED) is 0.807. The number of nitrogens with zero attached hydrogens (tertiary/aromatic N) is 1. The van der Waals surface area contributed by atoms with E-state index in [2.05, 4.69) is 11.8 Å². The molecule has 0 amide bonds. The Kier molecular flexibility index (Phi) is 3.73. The van der Waals surface area contributed by atoms with Gasteiger partial charge < -0.3 is 10.6 Å². The van der Waals surface area contributed by atoms with Crippen LogP contribution in [-0.2, 0) is 10.0 Å². The number of sulfonamides is 1. The van der Waals surface area contributed by atoms with E-state index in [1.54, 1.807) is 6.92 Å². The van der Waals surface area contributed by atoms with Gasteiger partial charge >= 0.3 is 0 Å². The summed E-state index contributed by atoms with van der Waals surface area (Å²) in [5, 5.41) is 5.26. The Balaban J connectivity index is 2.54. The Morgan fingerprint density at radius 2 is 2.00 bits per heavy atom. The third kappa shape index (κ3) is 2.84. The van der Waals surface area contributed by atoms with Crippen LogP contribution in [-0.4, -0.2) is 21.0 Å². The molecule has 1 aromatic rings. The van der Waals surface area contributed by atoms with E-state index in [1.165, 1.54) is 12.5 Å². The van der Waals surface area contributed by atoms with Crippen LogP contribution >= 0.6 is 0 Å². The van der Waals surface area contributed by atoms with Crippen LogP contribution in [0.25, 0.3) is 0 Å². The number of nitrogen functional groups attached to an aromatic ring is 1. The van der Waals surface area contributed by atoms with Crippen LogP contribution in [0, 0.1) is 6.92 Å². The van der Waals surface area contributed by atoms with Crippen molar-refractivity contribution in [3.8, 4) is 0 Å². The smallest absolute Gasteiger partial charge is 0.238 e. The average molecular weight is 283 g/mol. The Bertz CT molecular complexity index is 584. The maximum absolute atomic E-state index is 11.6. The predicted octanol–water partition coefficient (Wildman–Crippen LogP) is 1.60. The van der Waals surface area contributed by atoms with Crippen molar-refractivity contribution in [2.24, 2.45) is 5.14 Å². The van der Waals surface area contributed by atoms with Gasteiger partial charge in [0.15, 0.2) is 0 Å². The van der Waals surface area contributed by atoms with Gasteiger partial charge in [0.25, 0.3) is 0 Å². The molecular weight excluding hydrogens is 262 g/mol. The molecule has 1 saturated heterocycles. The van der Waals surface area contributed by atoms with Crippen LogP contribution in [0.5, 0.6) is 0 Å². The molecule has 1 heterocycles. The second kappa shape index (κ2) is 5.02. The van der Waals surface area contributed by atoms with E-state index >= 15 is 0 Å². The van der Waals surface area contributed by atoms with Crippen LogP contribution in [0.15, 0.2) is 17.0 Å². The molecule has 1 unspecified atom stereocenters. The molecule has 5 nitrogen and oxygen atoms in total. The molecule has 0 saturated carbocycles. The summed E-state index contributed by atoms with van der Waals surface area (Å²) in [6.45, 7) is 4.86. The van der Waals surface area contributed by atoms with Gasteiger partial charge in [0.2, 0.25) is 10.0 Å². The lowest BCUT2D eigenvalue weighted by Crippen LogP contribution is -2.38. The van der Waals surface area contributed by atoms with E-state index < -0.39 is 10.0 Å². The molecule has 1 fully saturated rings. The second-order valence-corrected chi connectivity index (χ2v) is 6.78. The Labute approximate surface area is 114 Å². The van der Waals surface area contributed by atoms with Gasteiger partial charge in [0.1, 0.15) is 0 Å². The van der Waals surface area contributed by atoms with E-state index in [4.69, 9.17) is 10.9 Å². The zero-order chi connectivity index (χ0) is 14.2. The van der Waals surface area contributed by atoms with Crippen molar-refractivity contribution in [3.63, 3.8) is 0 Å². The lowest BCUT2D eigenvalue weighted by atomic mass is 10.0. The fourth-order valence-corrected chi connectivity index (χ4v) is 3.58. The molecule has 1 aromatic carbocycles. The van der Waals surface area contributed by atoms with Gasteiger partial charge in [0.05, 0.1) is 4.90 Å². The Morgan fingerprint density at radius 1 is 1.32 bits per heavy atom. The number of primary sulfonamides is 1. The van der Waals surface area contributed by atoms with Crippen LogP contribution in [0.4, 0.5) is 11.4 Å². The summed E-state index contributed by atoms with van der Waals surface area (Å²) >= 11 is 0. The standard InChI is InChI=1S/C13H21N3O2S/c1-9-5-3-4-6-16(9)12-7-11(14)8-13(10(12)2)19(15,17)18/h7-9H,3-6,14H2,1-2H3,(H2,15,17,18). The first-order valence-corrected chi connectivity index (χ1v) is 8.05. The molecule has 6 heteroatoms. The first kappa shape index (κ1) is 14.1. The van der Waals surface area contributed by atoms with Gasteiger partial charge in [-0.1, -0.05) is 0 Å². The average Bonchev–Trinajstić information content (AvgIpc) is 2.31. The minimum absolute atomic E-state index is 0.125. The van der Waals surface area contributed by atoms with Gasteiger partial charge in [-0.25, -0.2) is 13.6 Å². The highest BCUT2D eigenvalue weighted by Crippen LogP contribution is 2.32. The van der Waals surface area contributed by atoms with Crippen molar-refractivity contribution in [2.75, 3.05) is 17.2 Å². The molecule has 106 valence electrons. The van der Waals surface area contributed by atoms with Crippen molar-refractivity contribution >= 4 is 21.4 Å². The first-order valence-electron chi connectivity index (χ1n) is 6.50. The number of hydrogen-bond donors (Lipinski definition) is 2. The Hall–Kier alpha value is -1.27. The third-order valence-corrected chi connectivity index (χ3v) is 4.81. The SMILES string of the molecule is Cc1c(N2CCCCC2C)cc(N)cc1S(N)(=O)=O. The summed E-state index contributed by atoms with van der Waals surface area (Å²) in [6, 6.07) is 3.66. The van der Waals surface area contributed by atoms with Crippen LogP contribution in [0.2, 0.25) is 0 Å². The van der Waals surface area contributed by atoms with Gasteiger partial charge in [-0.2, -0.15) is 0 Å². The normalized spacial score (nSPS) is 20.6. The highest BCUT2D eigenvalue weighted by Gasteiger charge is 2.23. The van der Waals surface area contributed by atoms with Crippen molar-refractivity contribution < 1.29 is 8.42 Å². The number of benzene rings is 1. The fraction of sp³-hybridized carbons (Fsp3) is 0.538. The van der Waals surface area contributed by atoms with Crippen LogP contribution in [0.1, 0.15) is 31.7 Å². The number of hydrogen-bond acceptors (Lipinski definition) is 4. The van der Waals surface area contributed by atoms with Crippen molar-refractivity contribution in [1.82, 2.24) is 0 Å². The summed E-state index contributed by atoms with van der Waals surface area (Å²) in [4.78, 5) is 2.35. The molecule has 0 aromatic heterocycles. The third-order valence-electron chi connectivity index (χ3n) is 3.77. The summed E-state index contributed by atoms with van der Waals surface area (Å²) < 4.78 is 23.3. The second-order valence-electron chi connectivity index (χ2n) is 5.25. The van der Waals surface area contributed by atoms with Crippen molar-refractivity contribution in [2.45, 2.75) is 44.0 Å². The Morgan fingerprint density at radius 3 is 2.58 bits per heavy atom. The van der Waals surface area contributed by atoms with Gasteiger partial charge in [-0.3, -0.25) is 0 Å². The zero-order valence-corrected chi connectivity index (χ0v) is 12.2. The highest BCUT2D eigenvalue weighted by molar-refractivity contribution is 7.89. The molecule has 1 aliphatic heterocycles. The topological polar surface area (TPSA) is 89.4 Å². The largest absolute Gasteiger partial charge is 0.399 e. The van der Waals surface area contributed by atoms with E-state index in [0.29, 0.717) is 17.3 Å². The minimum Gasteiger partial charge on any atom is -0.399 e. The van der Waals surface area contributed by atoms with E-state index in [0.717, 1.165) is 25.1 Å². The van der Waals surface area contributed by atoms with Gasteiger partial charge in [-0.15, -0.1) is 0 Å². The minimum atomic E-state index is -3.74. The summed E-state index contributed by atoms with van der Waals surface area (Å²) in [5.41, 5.74) is 7.83. The molecular formula is C13H21N3O2S. The molecule has 0 aliphatic carbocycles. The molecule has 1 atom stereocenters. The van der Waals surface area contributed by atoms with Crippen molar-refractivity contribution in [1.29, 1.82) is 0 Å². The predicted molar refractivity (Wildman–Crippen MR) is 77.6 cm³/mol. The molecule has 0 radical (unpaired) electrons. The van der Waals surface area contributed by atoms with Crippen LogP contribution in [0.3, 0.4) is 0 Å². The van der Waals surface area contributed by atoms with E-state index in [9.17, 15) is 8.42 Å². The molecule has 2 rings (SSSR count). The summed E-state index contributed by atoms with van der Waals surface area (Å²) in [5.74, 6) is 0. The van der Waals surface area contributed by atoms with Gasteiger partial charge in [0, 0.05) is 24.0 Å². The van der Waals surface area contributed by atoms with Gasteiger partial charge in [-0.05, 0) is 50.8 Å². The number of rotatable bonds is 2. The summed E-state index contributed by atoms with van der Waals surface area (Å²) in [6.07, 6.45) is 3.43. The first-order chi connectivity index (χ1) is 8.80. The number of anilines is 2. The monoisotopic (exact) mass is 283 g/mol. The molecule has 0 spiro atoms. The van der Waals surface area contributed by atoms with E-state index in [1.807, 2.05) is 6.07 Å². The molecule has 19 heavy (non-hydrogen) atoms. The van der Waals surface area contributed by atoms with Crippen LogP contribution < -0.4 is 15.8 Å². The lowest BCUT2D eigenvalue weighted by molar-refractivity contribution is 0.484. The number of nitrogens with two attached hydrogens (primary N) is 2. The molecule has 1 aliphatic rings. The highest BCUT2D eigenvalue weighted by atomic mass is 32.2. The lowest BCUT2D eigenvalue weighted by Gasteiger charge is -2.36. The molecule has 4 N–H and O–H groups in total. The molecule has 0 bridgehead atoms. The summed E-state index contributed by atoms with van der Waals surface area (Å²) in [7, 11) is -3.74. The maximum Gasteiger partial charge on any atom is 0.238 e. The fourth-order valence-electron chi connectivity index (χ4n) is 2.74. The maximum atomic E-state index is 11.6.